The minimum atomic E-state index is -1.14. The molecule has 12 heavy (non-hydrogen) atoms. The van der Waals surface area contributed by atoms with Crippen molar-refractivity contribution in [1.29, 1.82) is 5.26 Å². The fraction of sp³-hybridized carbons (Fsp3) is 0.286. The van der Waals surface area contributed by atoms with Crippen molar-refractivity contribution in [3.63, 3.8) is 0 Å². The van der Waals surface area contributed by atoms with E-state index in [0.717, 1.165) is 0 Å². The Bertz CT molecular complexity index is 262. The van der Waals surface area contributed by atoms with E-state index in [9.17, 15) is 9.59 Å². The SMILES string of the molecule is C/C=C(\C#N)C(=O)NCC(=O)O. The summed E-state index contributed by atoms with van der Waals surface area (Å²) in [7, 11) is 0. The monoisotopic (exact) mass is 168 g/mol. The van der Waals surface area contributed by atoms with E-state index in [1.54, 1.807) is 6.07 Å². The average molecular weight is 168 g/mol. The summed E-state index contributed by atoms with van der Waals surface area (Å²) in [6, 6.07) is 1.63. The third kappa shape index (κ3) is 3.37. The van der Waals surface area contributed by atoms with Crippen molar-refractivity contribution in [1.82, 2.24) is 5.32 Å². The highest BCUT2D eigenvalue weighted by Gasteiger charge is 2.07. The molecule has 0 bridgehead atoms. The Morgan fingerprint density at radius 1 is 1.67 bits per heavy atom. The summed E-state index contributed by atoms with van der Waals surface area (Å²) in [4.78, 5) is 20.8. The number of hydrogen-bond donors (Lipinski definition) is 2. The van der Waals surface area contributed by atoms with Crippen LogP contribution in [-0.4, -0.2) is 23.5 Å². The zero-order chi connectivity index (χ0) is 9.56. The lowest BCUT2D eigenvalue weighted by molar-refractivity contribution is -0.137. The van der Waals surface area contributed by atoms with Gasteiger partial charge in [-0.3, -0.25) is 9.59 Å². The average Bonchev–Trinajstić information content (AvgIpc) is 2.03. The molecular weight excluding hydrogens is 160 g/mol. The van der Waals surface area contributed by atoms with Crippen molar-refractivity contribution in [2.24, 2.45) is 0 Å². The number of rotatable bonds is 3. The molecule has 0 saturated heterocycles. The number of nitriles is 1. The normalized spacial score (nSPS) is 10.2. The number of hydrogen-bond acceptors (Lipinski definition) is 3. The Balaban J connectivity index is 4.06. The van der Waals surface area contributed by atoms with E-state index in [1.807, 2.05) is 0 Å². The number of aliphatic carboxylic acids is 1. The molecule has 0 atom stereocenters. The Kier molecular flexibility index (Phi) is 4.16. The molecule has 0 aliphatic heterocycles. The van der Waals surface area contributed by atoms with Crippen LogP contribution in [-0.2, 0) is 9.59 Å². The zero-order valence-electron chi connectivity index (χ0n) is 6.50. The molecule has 0 heterocycles. The van der Waals surface area contributed by atoms with Crippen molar-refractivity contribution in [2.75, 3.05) is 6.54 Å². The van der Waals surface area contributed by atoms with Crippen LogP contribution in [0.5, 0.6) is 0 Å². The molecule has 0 aliphatic carbocycles. The summed E-state index contributed by atoms with van der Waals surface area (Å²) < 4.78 is 0. The molecule has 0 aromatic carbocycles. The topological polar surface area (TPSA) is 90.2 Å². The van der Waals surface area contributed by atoms with Crippen LogP contribution in [0.4, 0.5) is 0 Å². The number of nitrogens with zero attached hydrogens (tertiary/aromatic N) is 1. The van der Waals surface area contributed by atoms with Crippen LogP contribution in [0.2, 0.25) is 0 Å². The number of carboxylic acids is 1. The van der Waals surface area contributed by atoms with Gasteiger partial charge in [-0.2, -0.15) is 5.26 Å². The smallest absolute Gasteiger partial charge is 0.322 e. The molecule has 0 spiro atoms. The summed E-state index contributed by atoms with van der Waals surface area (Å²) in [6.45, 7) is 1.05. The van der Waals surface area contributed by atoms with E-state index in [0.29, 0.717) is 0 Å². The first kappa shape index (κ1) is 10.2. The van der Waals surface area contributed by atoms with E-state index in [1.165, 1.54) is 13.0 Å². The van der Waals surface area contributed by atoms with E-state index in [4.69, 9.17) is 10.4 Å². The molecule has 1 amide bonds. The number of allylic oxidation sites excluding steroid dienone is 1. The van der Waals surface area contributed by atoms with E-state index >= 15 is 0 Å². The molecule has 5 heteroatoms. The summed E-state index contributed by atoms with van der Waals surface area (Å²) in [5.41, 5.74) is -0.0868. The highest BCUT2D eigenvalue weighted by molar-refractivity contribution is 5.98. The standard InChI is InChI=1S/C7H8N2O3/c1-2-5(3-8)7(12)9-4-6(10)11/h2H,4H2,1H3,(H,9,12)(H,10,11)/b5-2+. The van der Waals surface area contributed by atoms with Crippen molar-refractivity contribution >= 4 is 11.9 Å². The summed E-state index contributed by atoms with van der Waals surface area (Å²) in [5, 5.41) is 18.6. The van der Waals surface area contributed by atoms with Gasteiger partial charge in [0.05, 0.1) is 0 Å². The number of nitrogens with one attached hydrogen (secondary N) is 1. The molecule has 5 nitrogen and oxygen atoms in total. The third-order valence-corrected chi connectivity index (χ3v) is 1.05. The molecule has 2 N–H and O–H groups in total. The minimum absolute atomic E-state index is 0.0868. The van der Waals surface area contributed by atoms with Gasteiger partial charge >= 0.3 is 5.97 Å². The molecule has 0 fully saturated rings. The van der Waals surface area contributed by atoms with Crippen LogP contribution in [0.1, 0.15) is 6.92 Å². The second-order valence-electron chi connectivity index (χ2n) is 1.89. The van der Waals surface area contributed by atoms with Crippen LogP contribution in [0.3, 0.4) is 0 Å². The van der Waals surface area contributed by atoms with E-state index in [2.05, 4.69) is 5.32 Å². The van der Waals surface area contributed by atoms with Crippen LogP contribution >= 0.6 is 0 Å². The van der Waals surface area contributed by atoms with Gasteiger partial charge in [-0.05, 0) is 6.92 Å². The van der Waals surface area contributed by atoms with Gasteiger partial charge in [-0.25, -0.2) is 0 Å². The van der Waals surface area contributed by atoms with Crippen LogP contribution in [0, 0.1) is 11.3 Å². The molecule has 0 rings (SSSR count). The van der Waals surface area contributed by atoms with E-state index < -0.39 is 18.4 Å². The van der Waals surface area contributed by atoms with Crippen molar-refractivity contribution in [2.45, 2.75) is 6.92 Å². The predicted molar refractivity (Wildman–Crippen MR) is 40.0 cm³/mol. The Labute approximate surface area is 69.3 Å². The molecule has 0 saturated carbocycles. The van der Waals surface area contributed by atoms with Gasteiger partial charge in [0.2, 0.25) is 0 Å². The summed E-state index contributed by atoms with van der Waals surface area (Å²) in [5.74, 6) is -1.81. The van der Waals surface area contributed by atoms with Crippen molar-refractivity contribution in [3.8, 4) is 6.07 Å². The van der Waals surface area contributed by atoms with E-state index in [-0.39, 0.29) is 5.57 Å². The minimum Gasteiger partial charge on any atom is -0.480 e. The first-order valence-electron chi connectivity index (χ1n) is 3.18. The first-order valence-corrected chi connectivity index (χ1v) is 3.18. The van der Waals surface area contributed by atoms with Gasteiger partial charge in [0.1, 0.15) is 18.2 Å². The fourth-order valence-electron chi connectivity index (χ4n) is 0.498. The van der Waals surface area contributed by atoms with Crippen molar-refractivity contribution in [3.05, 3.63) is 11.6 Å². The lowest BCUT2D eigenvalue weighted by Crippen LogP contribution is -2.30. The maximum absolute atomic E-state index is 10.8. The number of amides is 1. The van der Waals surface area contributed by atoms with Gasteiger partial charge in [0.25, 0.3) is 5.91 Å². The highest BCUT2D eigenvalue weighted by Crippen LogP contribution is 1.89. The Morgan fingerprint density at radius 2 is 2.25 bits per heavy atom. The molecule has 64 valence electrons. The molecule has 0 aromatic heterocycles. The van der Waals surface area contributed by atoms with Gasteiger partial charge < -0.3 is 10.4 Å². The van der Waals surface area contributed by atoms with Gasteiger partial charge in [0, 0.05) is 0 Å². The molecular formula is C7H8N2O3. The first-order chi connectivity index (χ1) is 5.61. The maximum atomic E-state index is 10.8. The third-order valence-electron chi connectivity index (χ3n) is 1.05. The summed E-state index contributed by atoms with van der Waals surface area (Å²) >= 11 is 0. The molecule has 0 aliphatic rings. The summed E-state index contributed by atoms with van der Waals surface area (Å²) in [6.07, 6.45) is 1.32. The number of carbonyl (C=O) groups excluding carboxylic acids is 1. The van der Waals surface area contributed by atoms with Crippen molar-refractivity contribution < 1.29 is 14.7 Å². The van der Waals surface area contributed by atoms with Gasteiger partial charge in [-0.1, -0.05) is 6.08 Å². The Morgan fingerprint density at radius 3 is 2.58 bits per heavy atom. The lowest BCUT2D eigenvalue weighted by atomic mass is 10.2. The van der Waals surface area contributed by atoms with Crippen LogP contribution < -0.4 is 5.32 Å². The van der Waals surface area contributed by atoms with Gasteiger partial charge in [-0.15, -0.1) is 0 Å². The molecule has 0 unspecified atom stereocenters. The zero-order valence-corrected chi connectivity index (χ0v) is 6.50. The number of carbonyl (C=O) groups is 2. The van der Waals surface area contributed by atoms with Gasteiger partial charge in [0.15, 0.2) is 0 Å². The quantitative estimate of drug-likeness (QED) is 0.445. The van der Waals surface area contributed by atoms with Crippen LogP contribution in [0.25, 0.3) is 0 Å². The second kappa shape index (κ2) is 4.91. The maximum Gasteiger partial charge on any atom is 0.322 e. The van der Waals surface area contributed by atoms with Crippen LogP contribution in [0.15, 0.2) is 11.6 Å². The Hall–Kier alpha value is -1.83. The number of carboxylic acid groups (broad SMARTS) is 1. The lowest BCUT2D eigenvalue weighted by Gasteiger charge is -1.98. The second-order valence-corrected chi connectivity index (χ2v) is 1.89. The molecule has 0 radical (unpaired) electrons. The largest absolute Gasteiger partial charge is 0.480 e. The predicted octanol–water partition coefficient (Wildman–Crippen LogP) is -0.343. The highest BCUT2D eigenvalue weighted by atomic mass is 16.4. The molecule has 0 aromatic rings. The fourth-order valence-corrected chi connectivity index (χ4v) is 0.498.